The van der Waals surface area contributed by atoms with Gasteiger partial charge in [-0.05, 0) is 43.3 Å². The van der Waals surface area contributed by atoms with Crippen molar-refractivity contribution in [2.24, 2.45) is 0 Å². The maximum atomic E-state index is 12.1. The van der Waals surface area contributed by atoms with Crippen LogP contribution in [0, 0.1) is 0 Å². The van der Waals surface area contributed by atoms with Gasteiger partial charge in [0.15, 0.2) is 0 Å². The van der Waals surface area contributed by atoms with Crippen LogP contribution in [0.3, 0.4) is 0 Å². The van der Waals surface area contributed by atoms with E-state index in [1.54, 1.807) is 23.7 Å². The van der Waals surface area contributed by atoms with E-state index in [1.807, 2.05) is 25.1 Å². The van der Waals surface area contributed by atoms with E-state index in [0.29, 0.717) is 21.5 Å². The number of hydrogen-bond acceptors (Lipinski definition) is 7. The molecule has 4 aromatic rings. The number of pyridine rings is 1. The van der Waals surface area contributed by atoms with Gasteiger partial charge < -0.3 is 9.73 Å². The van der Waals surface area contributed by atoms with Crippen molar-refractivity contribution in [1.82, 2.24) is 15.2 Å². The van der Waals surface area contributed by atoms with Gasteiger partial charge in [0.25, 0.3) is 5.91 Å². The van der Waals surface area contributed by atoms with Crippen LogP contribution in [-0.4, -0.2) is 21.1 Å². The van der Waals surface area contributed by atoms with Crippen molar-refractivity contribution in [2.45, 2.75) is 13.0 Å². The third kappa shape index (κ3) is 3.91. The van der Waals surface area contributed by atoms with Gasteiger partial charge in [0.05, 0.1) is 11.6 Å². The number of hydrogen-bond donors (Lipinski definition) is 2. The van der Waals surface area contributed by atoms with Gasteiger partial charge >= 0.3 is 0 Å². The molecule has 0 aliphatic rings. The van der Waals surface area contributed by atoms with Crippen LogP contribution in [0.1, 0.15) is 29.1 Å². The Bertz CT molecular complexity index is 1080. The van der Waals surface area contributed by atoms with Gasteiger partial charge in [-0.15, -0.1) is 10.2 Å². The molecule has 0 saturated heterocycles. The first-order valence-corrected chi connectivity index (χ1v) is 9.33. The summed E-state index contributed by atoms with van der Waals surface area (Å²) in [6.07, 6.45) is 1.50. The summed E-state index contributed by atoms with van der Waals surface area (Å²) in [6, 6.07) is 10.8. The molecule has 0 bridgehead atoms. The Morgan fingerprint density at radius 3 is 2.89 bits per heavy atom. The van der Waals surface area contributed by atoms with Gasteiger partial charge in [0.2, 0.25) is 5.13 Å². The normalized spacial score (nSPS) is 12.1. The fraction of sp³-hybridized carbons (Fsp3) is 0.111. The second-order valence-corrected chi connectivity index (χ2v) is 7.10. The molecule has 3 heterocycles. The minimum atomic E-state index is -0.284. The SMILES string of the molecule is CC(Nc1ccc(C(=O)Nc2nncs2)cn1)c1cc2cc(Cl)ccc2o1. The molecule has 27 heavy (non-hydrogen) atoms. The van der Waals surface area contributed by atoms with Gasteiger partial charge in [-0.2, -0.15) is 0 Å². The third-order valence-corrected chi connectivity index (χ3v) is 4.74. The van der Waals surface area contributed by atoms with E-state index in [0.717, 1.165) is 16.7 Å². The molecule has 1 atom stereocenters. The van der Waals surface area contributed by atoms with E-state index in [1.165, 1.54) is 17.5 Å². The number of rotatable bonds is 5. The van der Waals surface area contributed by atoms with Gasteiger partial charge in [0, 0.05) is 16.6 Å². The van der Waals surface area contributed by atoms with Crippen molar-refractivity contribution in [2.75, 3.05) is 10.6 Å². The number of benzene rings is 1. The quantitative estimate of drug-likeness (QED) is 0.502. The molecule has 4 rings (SSSR count). The number of aromatic nitrogens is 3. The molecule has 0 fully saturated rings. The van der Waals surface area contributed by atoms with Crippen molar-refractivity contribution >= 4 is 50.8 Å². The molecule has 2 N–H and O–H groups in total. The zero-order valence-corrected chi connectivity index (χ0v) is 15.7. The Hall–Kier alpha value is -2.97. The first-order chi connectivity index (χ1) is 13.1. The Balaban J connectivity index is 1.44. The lowest BCUT2D eigenvalue weighted by atomic mass is 10.2. The fourth-order valence-corrected chi connectivity index (χ4v) is 3.17. The van der Waals surface area contributed by atoms with Crippen LogP contribution in [0.15, 0.2) is 52.5 Å². The summed E-state index contributed by atoms with van der Waals surface area (Å²) in [5, 5.41) is 15.4. The van der Waals surface area contributed by atoms with Crippen LogP contribution in [0.25, 0.3) is 11.0 Å². The Kier molecular flexibility index (Phi) is 4.74. The third-order valence-electron chi connectivity index (χ3n) is 3.89. The lowest BCUT2D eigenvalue weighted by Crippen LogP contribution is -2.13. The van der Waals surface area contributed by atoms with Crippen LogP contribution < -0.4 is 10.6 Å². The van der Waals surface area contributed by atoms with E-state index < -0.39 is 0 Å². The van der Waals surface area contributed by atoms with Crippen LogP contribution in [0.5, 0.6) is 0 Å². The van der Waals surface area contributed by atoms with Crippen LogP contribution in [0.4, 0.5) is 10.9 Å². The smallest absolute Gasteiger partial charge is 0.259 e. The summed E-state index contributed by atoms with van der Waals surface area (Å²) in [4.78, 5) is 16.4. The summed E-state index contributed by atoms with van der Waals surface area (Å²) in [5.41, 5.74) is 2.76. The van der Waals surface area contributed by atoms with Crippen molar-refractivity contribution in [3.63, 3.8) is 0 Å². The monoisotopic (exact) mass is 399 g/mol. The fourth-order valence-electron chi connectivity index (χ4n) is 2.55. The van der Waals surface area contributed by atoms with E-state index >= 15 is 0 Å². The van der Waals surface area contributed by atoms with Crippen LogP contribution in [0.2, 0.25) is 5.02 Å². The largest absolute Gasteiger partial charge is 0.459 e. The molecule has 0 saturated carbocycles. The average molecular weight is 400 g/mol. The summed E-state index contributed by atoms with van der Waals surface area (Å²) in [6.45, 7) is 1.97. The highest BCUT2D eigenvalue weighted by atomic mass is 35.5. The summed E-state index contributed by atoms with van der Waals surface area (Å²) in [5.74, 6) is 1.12. The van der Waals surface area contributed by atoms with Crippen molar-refractivity contribution in [3.05, 3.63) is 64.5 Å². The highest BCUT2D eigenvalue weighted by Gasteiger charge is 2.13. The number of nitrogens with zero attached hydrogens (tertiary/aromatic N) is 3. The number of carbonyl (C=O) groups is 1. The van der Waals surface area contributed by atoms with E-state index in [2.05, 4.69) is 25.8 Å². The Morgan fingerprint density at radius 2 is 2.15 bits per heavy atom. The molecular weight excluding hydrogens is 386 g/mol. The number of carbonyl (C=O) groups excluding carboxylic acids is 1. The summed E-state index contributed by atoms with van der Waals surface area (Å²) in [7, 11) is 0. The highest BCUT2D eigenvalue weighted by molar-refractivity contribution is 7.13. The molecule has 0 aliphatic heterocycles. The number of fused-ring (bicyclic) bond motifs is 1. The molecule has 0 radical (unpaired) electrons. The lowest BCUT2D eigenvalue weighted by Gasteiger charge is -2.12. The highest BCUT2D eigenvalue weighted by Crippen LogP contribution is 2.27. The molecule has 3 aromatic heterocycles. The van der Waals surface area contributed by atoms with Crippen LogP contribution in [-0.2, 0) is 0 Å². The standard InChI is InChI=1S/C18H14ClN5O2S/c1-10(15-7-12-6-13(19)3-4-14(12)26-15)22-16-5-2-11(8-20-16)17(25)23-18-24-21-9-27-18/h2-10H,1H3,(H,20,22)(H,23,24,25). The first kappa shape index (κ1) is 17.4. The lowest BCUT2D eigenvalue weighted by molar-refractivity contribution is 0.102. The summed E-state index contributed by atoms with van der Waals surface area (Å²) < 4.78 is 5.85. The molecule has 136 valence electrons. The molecule has 1 aromatic carbocycles. The molecule has 9 heteroatoms. The van der Waals surface area contributed by atoms with Gasteiger partial charge in [-0.1, -0.05) is 22.9 Å². The minimum absolute atomic E-state index is 0.107. The number of halogens is 1. The van der Waals surface area contributed by atoms with E-state index in [4.69, 9.17) is 16.0 Å². The van der Waals surface area contributed by atoms with E-state index in [9.17, 15) is 4.79 Å². The van der Waals surface area contributed by atoms with Gasteiger partial charge in [-0.25, -0.2) is 4.98 Å². The van der Waals surface area contributed by atoms with Gasteiger partial charge in [-0.3, -0.25) is 10.1 Å². The maximum absolute atomic E-state index is 12.1. The topological polar surface area (TPSA) is 92.9 Å². The zero-order valence-electron chi connectivity index (χ0n) is 14.1. The van der Waals surface area contributed by atoms with Crippen molar-refractivity contribution < 1.29 is 9.21 Å². The second-order valence-electron chi connectivity index (χ2n) is 5.83. The predicted molar refractivity (Wildman–Crippen MR) is 105 cm³/mol. The summed E-state index contributed by atoms with van der Waals surface area (Å²) >= 11 is 7.27. The molecule has 0 aliphatic carbocycles. The van der Waals surface area contributed by atoms with Crippen LogP contribution >= 0.6 is 22.9 Å². The Morgan fingerprint density at radius 1 is 1.26 bits per heavy atom. The molecule has 1 amide bonds. The predicted octanol–water partition coefficient (Wildman–Crippen LogP) is 4.76. The molecule has 1 unspecified atom stereocenters. The number of anilines is 2. The number of amides is 1. The number of furan rings is 1. The average Bonchev–Trinajstić information content (AvgIpc) is 3.31. The molecule has 7 nitrogen and oxygen atoms in total. The van der Waals surface area contributed by atoms with E-state index in [-0.39, 0.29) is 11.9 Å². The van der Waals surface area contributed by atoms with Crippen molar-refractivity contribution in [1.29, 1.82) is 0 Å². The second kappa shape index (κ2) is 7.34. The number of nitrogens with one attached hydrogen (secondary N) is 2. The maximum Gasteiger partial charge on any atom is 0.259 e. The molecular formula is C18H14ClN5O2S. The zero-order chi connectivity index (χ0) is 18.8. The first-order valence-electron chi connectivity index (χ1n) is 8.07. The minimum Gasteiger partial charge on any atom is -0.459 e. The Labute approximate surface area is 163 Å². The van der Waals surface area contributed by atoms with Crippen molar-refractivity contribution in [3.8, 4) is 0 Å². The molecule has 0 spiro atoms. The van der Waals surface area contributed by atoms with Gasteiger partial charge in [0.1, 0.15) is 22.7 Å².